The van der Waals surface area contributed by atoms with Crippen LogP contribution in [0.5, 0.6) is 0 Å². The molecule has 96 valence electrons. The molecule has 0 aromatic carbocycles. The number of carbonyl (C=O) groups excluding carboxylic acids is 2. The molecule has 0 spiro atoms. The first-order valence-corrected chi connectivity index (χ1v) is 6.89. The monoisotopic (exact) mass is 258 g/mol. The molecule has 1 atom stereocenters. The topological polar surface area (TPSA) is 69.6 Å². The number of hydrogen-bond acceptors (Lipinski definition) is 4. The van der Waals surface area contributed by atoms with E-state index in [1.165, 1.54) is 0 Å². The minimum absolute atomic E-state index is 0.108. The van der Waals surface area contributed by atoms with Gasteiger partial charge in [0, 0.05) is 19.3 Å². The van der Waals surface area contributed by atoms with Gasteiger partial charge in [0.1, 0.15) is 6.04 Å². The highest BCUT2D eigenvalue weighted by atomic mass is 32.2. The fourth-order valence-electron chi connectivity index (χ4n) is 2.49. The zero-order chi connectivity index (χ0) is 12.5. The molecule has 6 heteroatoms. The summed E-state index contributed by atoms with van der Waals surface area (Å²) in [6.07, 6.45) is 3.57. The summed E-state index contributed by atoms with van der Waals surface area (Å²) >= 11 is 1.13. The van der Waals surface area contributed by atoms with E-state index in [2.05, 4.69) is 5.32 Å². The lowest BCUT2D eigenvalue weighted by Crippen LogP contribution is -2.49. The van der Waals surface area contributed by atoms with Gasteiger partial charge in [0.05, 0.1) is 5.60 Å². The molecule has 1 aliphatic heterocycles. The number of hydrogen-bond donors (Lipinski definition) is 2. The van der Waals surface area contributed by atoms with E-state index in [9.17, 15) is 14.7 Å². The number of rotatable bonds is 3. The second-order valence-corrected chi connectivity index (χ2v) is 5.91. The zero-order valence-corrected chi connectivity index (χ0v) is 10.8. The zero-order valence-electron chi connectivity index (χ0n) is 9.94. The van der Waals surface area contributed by atoms with Crippen LogP contribution < -0.4 is 5.32 Å². The van der Waals surface area contributed by atoms with Gasteiger partial charge in [0.15, 0.2) is 0 Å². The van der Waals surface area contributed by atoms with Crippen molar-refractivity contribution in [2.75, 3.05) is 19.3 Å². The van der Waals surface area contributed by atoms with E-state index in [1.807, 2.05) is 0 Å². The van der Waals surface area contributed by atoms with Gasteiger partial charge in [0.2, 0.25) is 5.91 Å². The van der Waals surface area contributed by atoms with Crippen LogP contribution in [-0.4, -0.2) is 52.1 Å². The molecule has 2 N–H and O–H groups in total. The number of thioether (sulfide) groups is 1. The quantitative estimate of drug-likeness (QED) is 0.776. The Bertz CT molecular complexity index is 329. The van der Waals surface area contributed by atoms with Gasteiger partial charge >= 0.3 is 0 Å². The first-order chi connectivity index (χ1) is 8.00. The molecule has 0 bridgehead atoms. The number of amides is 2. The Labute approximate surface area is 105 Å². The highest BCUT2D eigenvalue weighted by Crippen LogP contribution is 2.30. The molecule has 0 radical (unpaired) electrons. The molecular formula is C11H18N2O3S. The van der Waals surface area contributed by atoms with Crippen LogP contribution in [0.25, 0.3) is 0 Å². The van der Waals surface area contributed by atoms with Gasteiger partial charge < -0.3 is 15.3 Å². The Morgan fingerprint density at radius 2 is 2.24 bits per heavy atom. The van der Waals surface area contributed by atoms with Crippen molar-refractivity contribution in [1.29, 1.82) is 0 Å². The summed E-state index contributed by atoms with van der Waals surface area (Å²) < 4.78 is 0. The van der Waals surface area contributed by atoms with Crippen molar-refractivity contribution in [3.63, 3.8) is 0 Å². The molecule has 1 unspecified atom stereocenters. The maximum Gasteiger partial charge on any atom is 0.279 e. The fourth-order valence-corrected chi connectivity index (χ4v) is 3.26. The van der Waals surface area contributed by atoms with Gasteiger partial charge in [0.25, 0.3) is 5.24 Å². The number of carbonyl (C=O) groups is 2. The van der Waals surface area contributed by atoms with Gasteiger partial charge in [-0.15, -0.1) is 0 Å². The molecular weight excluding hydrogens is 240 g/mol. The third-order valence-corrected chi connectivity index (χ3v) is 4.29. The number of likely N-dealkylation sites (N-methyl/N-ethyl adjacent to an activating group) is 1. The summed E-state index contributed by atoms with van der Waals surface area (Å²) in [5.41, 5.74) is -0.722. The normalized spacial score (nSPS) is 26.9. The molecule has 0 aromatic rings. The van der Waals surface area contributed by atoms with Crippen molar-refractivity contribution in [2.45, 2.75) is 37.3 Å². The van der Waals surface area contributed by atoms with Crippen LogP contribution in [-0.2, 0) is 4.79 Å². The SMILES string of the molecule is CN(CC1(O)CCCC1)C(=O)C1CSC(=O)N1. The standard InChI is InChI=1S/C11H18N2O3S/c1-13(7-11(16)4-2-3-5-11)9(14)8-6-17-10(15)12-8/h8,16H,2-7H2,1H3,(H,12,15). The fraction of sp³-hybridized carbons (Fsp3) is 0.818. The van der Waals surface area contributed by atoms with Crippen molar-refractivity contribution in [3.05, 3.63) is 0 Å². The lowest BCUT2D eigenvalue weighted by molar-refractivity contribution is -0.134. The molecule has 1 saturated carbocycles. The molecule has 1 aliphatic carbocycles. The molecule has 2 amide bonds. The number of nitrogens with zero attached hydrogens (tertiary/aromatic N) is 1. The van der Waals surface area contributed by atoms with Crippen molar-refractivity contribution in [2.24, 2.45) is 0 Å². The average molecular weight is 258 g/mol. The van der Waals surface area contributed by atoms with Crippen molar-refractivity contribution in [3.8, 4) is 0 Å². The minimum Gasteiger partial charge on any atom is -0.388 e. The lowest BCUT2D eigenvalue weighted by atomic mass is 10.0. The Balaban J connectivity index is 1.89. The van der Waals surface area contributed by atoms with E-state index in [0.717, 1.165) is 37.4 Å². The van der Waals surface area contributed by atoms with E-state index < -0.39 is 11.6 Å². The van der Waals surface area contributed by atoms with Crippen LogP contribution in [0.1, 0.15) is 25.7 Å². The van der Waals surface area contributed by atoms with Crippen LogP contribution in [0, 0.1) is 0 Å². The Morgan fingerprint density at radius 1 is 1.59 bits per heavy atom. The van der Waals surface area contributed by atoms with Crippen LogP contribution in [0.3, 0.4) is 0 Å². The average Bonchev–Trinajstić information content (AvgIpc) is 2.86. The highest BCUT2D eigenvalue weighted by molar-refractivity contribution is 8.14. The van der Waals surface area contributed by atoms with Crippen molar-refractivity contribution >= 4 is 22.9 Å². The van der Waals surface area contributed by atoms with E-state index >= 15 is 0 Å². The van der Waals surface area contributed by atoms with Crippen LogP contribution >= 0.6 is 11.8 Å². The Kier molecular flexibility index (Phi) is 3.63. The third-order valence-electron chi connectivity index (χ3n) is 3.41. The number of aliphatic hydroxyl groups is 1. The summed E-state index contributed by atoms with van der Waals surface area (Å²) in [5, 5.41) is 12.7. The molecule has 17 heavy (non-hydrogen) atoms. The van der Waals surface area contributed by atoms with E-state index in [1.54, 1.807) is 11.9 Å². The van der Waals surface area contributed by atoms with Gasteiger partial charge in [-0.25, -0.2) is 0 Å². The van der Waals surface area contributed by atoms with E-state index in [4.69, 9.17) is 0 Å². The molecule has 1 heterocycles. The smallest absolute Gasteiger partial charge is 0.279 e. The van der Waals surface area contributed by atoms with E-state index in [0.29, 0.717) is 12.3 Å². The Morgan fingerprint density at radius 3 is 2.76 bits per heavy atom. The molecule has 0 aromatic heterocycles. The second kappa shape index (κ2) is 4.86. The summed E-state index contributed by atoms with van der Waals surface area (Å²) in [6, 6.07) is -0.428. The van der Waals surface area contributed by atoms with Gasteiger partial charge in [-0.1, -0.05) is 24.6 Å². The first-order valence-electron chi connectivity index (χ1n) is 5.91. The third kappa shape index (κ3) is 2.93. The highest BCUT2D eigenvalue weighted by Gasteiger charge is 2.36. The summed E-state index contributed by atoms with van der Waals surface area (Å²) in [5.74, 6) is 0.379. The summed E-state index contributed by atoms with van der Waals surface area (Å²) in [7, 11) is 1.69. The second-order valence-electron chi connectivity index (χ2n) is 4.92. The molecule has 2 aliphatic rings. The maximum atomic E-state index is 12.0. The first kappa shape index (κ1) is 12.7. The van der Waals surface area contributed by atoms with Gasteiger partial charge in [-0.2, -0.15) is 0 Å². The maximum absolute atomic E-state index is 12.0. The molecule has 2 rings (SSSR count). The van der Waals surface area contributed by atoms with Gasteiger partial charge in [-0.3, -0.25) is 9.59 Å². The van der Waals surface area contributed by atoms with Crippen LogP contribution in [0.4, 0.5) is 4.79 Å². The van der Waals surface area contributed by atoms with Gasteiger partial charge in [-0.05, 0) is 12.8 Å². The largest absolute Gasteiger partial charge is 0.388 e. The molecule has 2 fully saturated rings. The Hall–Kier alpha value is -0.750. The van der Waals surface area contributed by atoms with Crippen LogP contribution in [0.15, 0.2) is 0 Å². The van der Waals surface area contributed by atoms with Crippen molar-refractivity contribution < 1.29 is 14.7 Å². The van der Waals surface area contributed by atoms with Crippen molar-refractivity contribution in [1.82, 2.24) is 10.2 Å². The van der Waals surface area contributed by atoms with Crippen LogP contribution in [0.2, 0.25) is 0 Å². The number of nitrogens with one attached hydrogen (secondary N) is 1. The summed E-state index contributed by atoms with van der Waals surface area (Å²) in [6.45, 7) is 0.364. The molecule has 1 saturated heterocycles. The summed E-state index contributed by atoms with van der Waals surface area (Å²) in [4.78, 5) is 24.6. The molecule has 5 nitrogen and oxygen atoms in total. The lowest BCUT2D eigenvalue weighted by Gasteiger charge is -2.29. The minimum atomic E-state index is -0.722. The predicted molar refractivity (Wildman–Crippen MR) is 65.8 cm³/mol. The predicted octanol–water partition coefficient (Wildman–Crippen LogP) is 0.575. The van der Waals surface area contributed by atoms with E-state index in [-0.39, 0.29) is 11.1 Å².